The van der Waals surface area contributed by atoms with E-state index in [1.54, 1.807) is 6.92 Å². The maximum Gasteiger partial charge on any atom is 0.339 e. The van der Waals surface area contributed by atoms with Gasteiger partial charge in [0.1, 0.15) is 0 Å². The van der Waals surface area contributed by atoms with E-state index in [0.717, 1.165) is 17.4 Å². The lowest BCUT2D eigenvalue weighted by Gasteiger charge is -2.07. The van der Waals surface area contributed by atoms with Gasteiger partial charge in [0, 0.05) is 23.6 Å². The largest absolute Gasteiger partial charge is 0.406 e. The van der Waals surface area contributed by atoms with Crippen molar-refractivity contribution in [1.82, 2.24) is 4.57 Å². The van der Waals surface area contributed by atoms with Gasteiger partial charge in [0.25, 0.3) is 0 Å². The van der Waals surface area contributed by atoms with Crippen molar-refractivity contribution in [2.24, 2.45) is 0 Å². The molecule has 0 N–H and O–H groups in total. The van der Waals surface area contributed by atoms with Crippen molar-refractivity contribution in [2.75, 3.05) is 0 Å². The third kappa shape index (κ3) is 2.09. The zero-order valence-corrected chi connectivity index (χ0v) is 10.1. The van der Waals surface area contributed by atoms with E-state index in [1.165, 1.54) is 0 Å². The molecule has 0 atom stereocenters. The molecule has 1 aromatic carbocycles. The first-order valence-electron chi connectivity index (χ1n) is 5.59. The summed E-state index contributed by atoms with van der Waals surface area (Å²) in [5.74, 6) is 0.184. The van der Waals surface area contributed by atoms with Gasteiger partial charge in [-0.1, -0.05) is 24.8 Å². The molecule has 2 rings (SSSR count). The van der Waals surface area contributed by atoms with Gasteiger partial charge in [-0.05, 0) is 19.9 Å². The summed E-state index contributed by atoms with van der Waals surface area (Å²) in [6.45, 7) is 7.99. The minimum atomic E-state index is -0.387. The molecule has 3 nitrogen and oxygen atoms in total. The molecule has 1 aromatic heterocycles. The third-order valence-corrected chi connectivity index (χ3v) is 2.63. The topological polar surface area (TPSA) is 31.2 Å². The zero-order valence-electron chi connectivity index (χ0n) is 10.1. The summed E-state index contributed by atoms with van der Waals surface area (Å²) in [5.41, 5.74) is 1.47. The van der Waals surface area contributed by atoms with Gasteiger partial charge in [-0.3, -0.25) is 0 Å². The highest BCUT2D eigenvalue weighted by Gasteiger charge is 2.12. The van der Waals surface area contributed by atoms with Crippen LogP contribution in [0.5, 0.6) is 5.88 Å². The number of rotatable bonds is 3. The van der Waals surface area contributed by atoms with Crippen molar-refractivity contribution in [3.63, 3.8) is 0 Å². The van der Waals surface area contributed by atoms with Crippen LogP contribution in [0.3, 0.4) is 0 Å². The van der Waals surface area contributed by atoms with E-state index in [2.05, 4.69) is 6.58 Å². The number of aryl methyl sites for hydroxylation is 1. The van der Waals surface area contributed by atoms with Crippen LogP contribution in [0.1, 0.15) is 13.8 Å². The van der Waals surface area contributed by atoms with Crippen molar-refractivity contribution in [2.45, 2.75) is 20.4 Å². The second-order valence-electron chi connectivity index (χ2n) is 3.96. The average Bonchev–Trinajstić information content (AvgIpc) is 2.65. The Bertz CT molecular complexity index is 581. The Morgan fingerprint density at radius 3 is 2.76 bits per heavy atom. The van der Waals surface area contributed by atoms with Crippen LogP contribution in [0.2, 0.25) is 0 Å². The van der Waals surface area contributed by atoms with Crippen LogP contribution in [-0.4, -0.2) is 10.5 Å². The quantitative estimate of drug-likeness (QED) is 0.598. The van der Waals surface area contributed by atoms with Gasteiger partial charge in [-0.15, -0.1) is 0 Å². The maximum atomic E-state index is 11.5. The van der Waals surface area contributed by atoms with Gasteiger partial charge in [-0.25, -0.2) is 4.79 Å². The molecule has 0 aliphatic carbocycles. The third-order valence-electron chi connectivity index (χ3n) is 2.63. The summed E-state index contributed by atoms with van der Waals surface area (Å²) >= 11 is 0. The Kier molecular flexibility index (Phi) is 3.00. The number of aromatic nitrogens is 1. The summed E-state index contributed by atoms with van der Waals surface area (Å²) in [7, 11) is 0. The molecule has 3 heteroatoms. The normalized spacial score (nSPS) is 10.5. The fourth-order valence-corrected chi connectivity index (χ4v) is 1.78. The molecule has 0 saturated carbocycles. The molecule has 0 unspecified atom stereocenters. The van der Waals surface area contributed by atoms with E-state index in [1.807, 2.05) is 41.8 Å². The second-order valence-corrected chi connectivity index (χ2v) is 3.96. The Hall–Kier alpha value is -2.03. The zero-order chi connectivity index (χ0) is 12.4. The minimum Gasteiger partial charge on any atom is -0.406 e. The SMILES string of the molecule is C=C(C)C(=O)Oc1cc2ccccc2n1CC. The fraction of sp³-hybridized carbons (Fsp3) is 0.214. The number of fused-ring (bicyclic) bond motifs is 1. The Balaban J connectivity index is 2.46. The summed E-state index contributed by atoms with van der Waals surface area (Å²) in [4.78, 5) is 11.5. The first-order valence-corrected chi connectivity index (χ1v) is 5.59. The molecule has 1 heterocycles. The molecule has 0 aliphatic heterocycles. The van der Waals surface area contributed by atoms with Crippen LogP contribution in [0, 0.1) is 0 Å². The molecule has 0 radical (unpaired) electrons. The molecular weight excluding hydrogens is 214 g/mol. The first kappa shape index (κ1) is 11.5. The number of ether oxygens (including phenoxy) is 1. The highest BCUT2D eigenvalue weighted by Crippen LogP contribution is 2.25. The van der Waals surface area contributed by atoms with Gasteiger partial charge in [0.05, 0.1) is 5.52 Å². The van der Waals surface area contributed by atoms with E-state index in [-0.39, 0.29) is 5.97 Å². The molecular formula is C14H15NO2. The summed E-state index contributed by atoms with van der Waals surface area (Å²) in [6, 6.07) is 9.82. The van der Waals surface area contributed by atoms with Crippen LogP contribution >= 0.6 is 0 Å². The van der Waals surface area contributed by atoms with Crippen LogP contribution in [0.15, 0.2) is 42.5 Å². The first-order chi connectivity index (χ1) is 8.13. The van der Waals surface area contributed by atoms with E-state index < -0.39 is 0 Å². The van der Waals surface area contributed by atoms with Crippen molar-refractivity contribution >= 4 is 16.9 Å². The number of hydrogen-bond acceptors (Lipinski definition) is 2. The van der Waals surface area contributed by atoms with Gasteiger partial charge in [0.2, 0.25) is 5.88 Å². The van der Waals surface area contributed by atoms with Crippen molar-refractivity contribution in [1.29, 1.82) is 0 Å². The fourth-order valence-electron chi connectivity index (χ4n) is 1.78. The van der Waals surface area contributed by atoms with E-state index >= 15 is 0 Å². The van der Waals surface area contributed by atoms with E-state index in [4.69, 9.17) is 4.74 Å². The number of nitrogens with zero attached hydrogens (tertiary/aromatic N) is 1. The van der Waals surface area contributed by atoms with Gasteiger partial charge in [0.15, 0.2) is 0 Å². The Morgan fingerprint density at radius 2 is 2.12 bits per heavy atom. The van der Waals surface area contributed by atoms with Crippen LogP contribution in [0.4, 0.5) is 0 Å². The average molecular weight is 229 g/mol. The molecule has 0 saturated heterocycles. The van der Waals surface area contributed by atoms with E-state index in [9.17, 15) is 4.79 Å². The molecule has 0 aliphatic rings. The molecule has 88 valence electrons. The smallest absolute Gasteiger partial charge is 0.339 e. The Morgan fingerprint density at radius 1 is 1.41 bits per heavy atom. The molecule has 0 bridgehead atoms. The molecule has 2 aromatic rings. The lowest BCUT2D eigenvalue weighted by atomic mass is 10.2. The summed E-state index contributed by atoms with van der Waals surface area (Å²) in [6.07, 6.45) is 0. The lowest BCUT2D eigenvalue weighted by molar-refractivity contribution is -0.130. The number of carbonyl (C=O) groups is 1. The molecule has 0 fully saturated rings. The predicted molar refractivity (Wildman–Crippen MR) is 68.1 cm³/mol. The maximum absolute atomic E-state index is 11.5. The predicted octanol–water partition coefficient (Wildman–Crippen LogP) is 3.14. The van der Waals surface area contributed by atoms with Gasteiger partial charge >= 0.3 is 5.97 Å². The summed E-state index contributed by atoms with van der Waals surface area (Å²) in [5, 5.41) is 1.07. The highest BCUT2D eigenvalue weighted by molar-refractivity contribution is 5.90. The second kappa shape index (κ2) is 4.45. The number of hydrogen-bond donors (Lipinski definition) is 0. The number of esters is 1. The minimum absolute atomic E-state index is 0.387. The molecule has 17 heavy (non-hydrogen) atoms. The molecule has 0 spiro atoms. The number of para-hydroxylation sites is 1. The van der Waals surface area contributed by atoms with Crippen molar-refractivity contribution in [3.05, 3.63) is 42.5 Å². The van der Waals surface area contributed by atoms with Crippen LogP contribution < -0.4 is 4.74 Å². The number of benzene rings is 1. The summed E-state index contributed by atoms with van der Waals surface area (Å²) < 4.78 is 7.28. The van der Waals surface area contributed by atoms with E-state index in [0.29, 0.717) is 11.5 Å². The van der Waals surface area contributed by atoms with Crippen molar-refractivity contribution < 1.29 is 9.53 Å². The standard InChI is InChI=1S/C14H15NO2/c1-4-15-12-8-6-5-7-11(12)9-13(15)17-14(16)10(2)3/h5-9H,2,4H2,1,3H3. The Labute approximate surface area is 100 Å². The monoisotopic (exact) mass is 229 g/mol. The lowest BCUT2D eigenvalue weighted by Crippen LogP contribution is -2.11. The number of carbonyl (C=O) groups excluding carboxylic acids is 1. The van der Waals surface area contributed by atoms with Gasteiger partial charge < -0.3 is 9.30 Å². The van der Waals surface area contributed by atoms with Gasteiger partial charge in [-0.2, -0.15) is 0 Å². The van der Waals surface area contributed by atoms with Crippen LogP contribution in [-0.2, 0) is 11.3 Å². The highest BCUT2D eigenvalue weighted by atomic mass is 16.5. The van der Waals surface area contributed by atoms with Crippen LogP contribution in [0.25, 0.3) is 10.9 Å². The molecule has 0 amide bonds. The van der Waals surface area contributed by atoms with Crippen molar-refractivity contribution in [3.8, 4) is 5.88 Å².